The molecular weight excluding hydrogens is 256 g/mol. The van der Waals surface area contributed by atoms with Crippen molar-refractivity contribution >= 4 is 12.0 Å². The van der Waals surface area contributed by atoms with Crippen molar-refractivity contribution in [1.82, 2.24) is 4.90 Å². The van der Waals surface area contributed by atoms with E-state index in [0.29, 0.717) is 19.0 Å². The highest BCUT2D eigenvalue weighted by atomic mass is 16.5. The minimum absolute atomic E-state index is 0.310. The van der Waals surface area contributed by atoms with Crippen LogP contribution in [0.2, 0.25) is 0 Å². The van der Waals surface area contributed by atoms with Crippen molar-refractivity contribution < 1.29 is 14.6 Å². The van der Waals surface area contributed by atoms with E-state index in [-0.39, 0.29) is 0 Å². The van der Waals surface area contributed by atoms with Crippen LogP contribution >= 0.6 is 0 Å². The van der Waals surface area contributed by atoms with E-state index >= 15 is 0 Å². The molecule has 0 amide bonds. The molecule has 1 fully saturated rings. The minimum Gasteiger partial charge on any atom is -0.496 e. The van der Waals surface area contributed by atoms with Crippen LogP contribution in [0.5, 0.6) is 5.75 Å². The zero-order chi connectivity index (χ0) is 14.8. The van der Waals surface area contributed by atoms with Gasteiger partial charge in [-0.05, 0) is 25.5 Å². The van der Waals surface area contributed by atoms with Gasteiger partial charge in [0.2, 0.25) is 0 Å². The fraction of sp³-hybridized carbons (Fsp3) is 0.533. The summed E-state index contributed by atoms with van der Waals surface area (Å²) in [6.45, 7) is 5.56. The Balaban J connectivity index is 2.35. The Labute approximate surface area is 119 Å². The molecule has 1 aromatic rings. The fourth-order valence-electron chi connectivity index (χ4n) is 2.04. The topological polar surface area (TPSA) is 54.3 Å². The highest BCUT2D eigenvalue weighted by Crippen LogP contribution is 2.39. The summed E-state index contributed by atoms with van der Waals surface area (Å²) in [6.07, 6.45) is 1.79. The number of methoxy groups -OCH3 is 1. The van der Waals surface area contributed by atoms with Crippen molar-refractivity contribution in [2.75, 3.05) is 33.9 Å². The minimum atomic E-state index is -0.932. The molecule has 5 nitrogen and oxygen atoms in total. The van der Waals surface area contributed by atoms with Gasteiger partial charge in [-0.25, -0.2) is 4.99 Å². The molecule has 1 heterocycles. The van der Waals surface area contributed by atoms with Crippen molar-refractivity contribution in [3.63, 3.8) is 0 Å². The monoisotopic (exact) mass is 278 g/mol. The molecule has 2 rings (SSSR count). The first-order chi connectivity index (χ1) is 9.50. The molecule has 1 aliphatic rings. The summed E-state index contributed by atoms with van der Waals surface area (Å²) < 4.78 is 10.5. The van der Waals surface area contributed by atoms with E-state index < -0.39 is 5.60 Å². The van der Waals surface area contributed by atoms with Gasteiger partial charge >= 0.3 is 0 Å². The number of hydrogen-bond donors (Lipinski definition) is 1. The smallest absolute Gasteiger partial charge is 0.140 e. The summed E-state index contributed by atoms with van der Waals surface area (Å²) in [5.41, 5.74) is 1.68. The molecule has 0 aromatic heterocycles. The third-order valence-electron chi connectivity index (χ3n) is 3.59. The van der Waals surface area contributed by atoms with Crippen LogP contribution in [0.1, 0.15) is 18.1 Å². The molecular formula is C15H22N2O3. The van der Waals surface area contributed by atoms with Crippen LogP contribution in [-0.2, 0) is 10.3 Å². The number of aryl methyl sites for hydroxylation is 1. The lowest BCUT2D eigenvalue weighted by atomic mass is 9.89. The molecule has 0 radical (unpaired) electrons. The number of rotatable bonds is 5. The van der Waals surface area contributed by atoms with Gasteiger partial charge in [0.05, 0.1) is 32.3 Å². The molecule has 1 N–H and O–H groups in total. The summed E-state index contributed by atoms with van der Waals surface area (Å²) in [4.78, 5) is 6.45. The lowest BCUT2D eigenvalue weighted by molar-refractivity contribution is -0.185. The lowest BCUT2D eigenvalue weighted by Crippen LogP contribution is -2.46. The Bertz CT molecular complexity index is 510. The molecule has 0 unspecified atom stereocenters. The van der Waals surface area contributed by atoms with Gasteiger partial charge < -0.3 is 19.5 Å². The number of ether oxygens (including phenoxy) is 2. The summed E-state index contributed by atoms with van der Waals surface area (Å²) in [6, 6.07) is 3.79. The summed E-state index contributed by atoms with van der Waals surface area (Å²) in [7, 11) is 3.57. The zero-order valence-corrected chi connectivity index (χ0v) is 12.5. The van der Waals surface area contributed by atoms with Gasteiger partial charge in [-0.2, -0.15) is 0 Å². The summed E-state index contributed by atoms with van der Waals surface area (Å²) >= 11 is 0. The van der Waals surface area contributed by atoms with Crippen molar-refractivity contribution in [1.29, 1.82) is 0 Å². The Morgan fingerprint density at radius 1 is 1.50 bits per heavy atom. The number of aliphatic hydroxyl groups is 1. The summed E-state index contributed by atoms with van der Waals surface area (Å²) in [5, 5.41) is 10.4. The first-order valence-corrected chi connectivity index (χ1v) is 6.74. The maximum atomic E-state index is 10.4. The van der Waals surface area contributed by atoms with Gasteiger partial charge in [0.25, 0.3) is 0 Å². The zero-order valence-electron chi connectivity index (χ0n) is 12.5. The lowest BCUT2D eigenvalue weighted by Gasteiger charge is -2.37. The van der Waals surface area contributed by atoms with Gasteiger partial charge in [-0.3, -0.25) is 0 Å². The maximum Gasteiger partial charge on any atom is 0.140 e. The van der Waals surface area contributed by atoms with Crippen LogP contribution in [0.3, 0.4) is 0 Å². The number of hydrogen-bond acceptors (Lipinski definition) is 4. The molecule has 0 saturated carbocycles. The highest BCUT2D eigenvalue weighted by Gasteiger charge is 2.40. The fourth-order valence-corrected chi connectivity index (χ4v) is 2.04. The van der Waals surface area contributed by atoms with Crippen LogP contribution < -0.4 is 4.74 Å². The third kappa shape index (κ3) is 2.78. The van der Waals surface area contributed by atoms with Gasteiger partial charge in [0.1, 0.15) is 11.4 Å². The van der Waals surface area contributed by atoms with Crippen LogP contribution in [-0.4, -0.2) is 50.3 Å². The Morgan fingerprint density at radius 2 is 2.20 bits per heavy atom. The average Bonchev–Trinajstić information content (AvgIpc) is 2.42. The molecule has 0 atom stereocenters. The second-order valence-electron chi connectivity index (χ2n) is 5.18. The molecule has 0 bridgehead atoms. The second kappa shape index (κ2) is 5.81. The van der Waals surface area contributed by atoms with E-state index in [1.807, 2.05) is 31.0 Å². The molecule has 1 aliphatic heterocycles. The molecule has 5 heteroatoms. The average molecular weight is 278 g/mol. The standard InChI is InChI=1S/C15H22N2O3/c1-5-17(3)10-16-13-7-14(19-4)12(6-11(13)2)15(18)8-20-9-15/h6-7,10,18H,5,8-9H2,1-4H3/b16-10+. The SMILES string of the molecule is CCN(C)/C=N/c1cc(OC)c(C2(O)COC2)cc1C. The molecule has 20 heavy (non-hydrogen) atoms. The Hall–Kier alpha value is -1.59. The number of aliphatic imine (C=N–C) groups is 1. The van der Waals surface area contributed by atoms with Crippen molar-refractivity contribution in [3.8, 4) is 5.75 Å². The first kappa shape index (κ1) is 14.8. The molecule has 0 spiro atoms. The predicted molar refractivity (Wildman–Crippen MR) is 78.9 cm³/mol. The van der Waals surface area contributed by atoms with Crippen LogP contribution in [0.25, 0.3) is 0 Å². The molecule has 1 saturated heterocycles. The molecule has 0 aliphatic carbocycles. The van der Waals surface area contributed by atoms with E-state index in [4.69, 9.17) is 9.47 Å². The van der Waals surface area contributed by atoms with Crippen molar-refractivity contribution in [3.05, 3.63) is 23.3 Å². The van der Waals surface area contributed by atoms with E-state index in [9.17, 15) is 5.11 Å². The first-order valence-electron chi connectivity index (χ1n) is 6.74. The quantitative estimate of drug-likeness (QED) is 0.659. The van der Waals surface area contributed by atoms with E-state index in [2.05, 4.69) is 11.9 Å². The normalized spacial score (nSPS) is 17.1. The summed E-state index contributed by atoms with van der Waals surface area (Å²) in [5.74, 6) is 0.646. The van der Waals surface area contributed by atoms with Crippen molar-refractivity contribution in [2.24, 2.45) is 4.99 Å². The van der Waals surface area contributed by atoms with Crippen LogP contribution in [0, 0.1) is 6.92 Å². The van der Waals surface area contributed by atoms with Gasteiger partial charge in [0.15, 0.2) is 0 Å². The highest BCUT2D eigenvalue weighted by molar-refractivity contribution is 5.65. The predicted octanol–water partition coefficient (Wildman–Crippen LogP) is 1.83. The van der Waals surface area contributed by atoms with Gasteiger partial charge in [-0.1, -0.05) is 0 Å². The Kier molecular flexibility index (Phi) is 4.30. The van der Waals surface area contributed by atoms with E-state index in [0.717, 1.165) is 23.4 Å². The number of benzene rings is 1. The molecule has 1 aromatic carbocycles. The van der Waals surface area contributed by atoms with Crippen LogP contribution in [0.15, 0.2) is 17.1 Å². The maximum absolute atomic E-state index is 10.4. The third-order valence-corrected chi connectivity index (χ3v) is 3.59. The van der Waals surface area contributed by atoms with E-state index in [1.54, 1.807) is 13.4 Å². The van der Waals surface area contributed by atoms with Gasteiger partial charge in [0, 0.05) is 25.2 Å². The van der Waals surface area contributed by atoms with E-state index in [1.165, 1.54) is 0 Å². The largest absolute Gasteiger partial charge is 0.496 e. The Morgan fingerprint density at radius 3 is 2.70 bits per heavy atom. The molecule has 110 valence electrons. The number of nitrogens with zero attached hydrogens (tertiary/aromatic N) is 2. The van der Waals surface area contributed by atoms with Gasteiger partial charge in [-0.15, -0.1) is 0 Å². The van der Waals surface area contributed by atoms with Crippen LogP contribution in [0.4, 0.5) is 5.69 Å². The van der Waals surface area contributed by atoms with Crippen molar-refractivity contribution in [2.45, 2.75) is 19.4 Å². The second-order valence-corrected chi connectivity index (χ2v) is 5.18.